The Hall–Kier alpha value is 0.506. The number of hydrogen-bond acceptors (Lipinski definition) is 0. The van der Waals surface area contributed by atoms with E-state index < -0.39 is 0 Å². The van der Waals surface area contributed by atoms with E-state index in [1.807, 2.05) is 0 Å². The second-order valence-electron chi connectivity index (χ2n) is 0.707. The van der Waals surface area contributed by atoms with Crippen molar-refractivity contribution in [1.82, 2.24) is 0 Å². The summed E-state index contributed by atoms with van der Waals surface area (Å²) < 4.78 is 0. The Balaban J connectivity index is -0.0000000400. The van der Waals surface area contributed by atoms with E-state index >= 15 is 0 Å². The van der Waals surface area contributed by atoms with Crippen LogP contribution in [0.25, 0.3) is 0 Å². The van der Waals surface area contributed by atoms with Gasteiger partial charge in [0.05, 0.1) is 0 Å². The topological polar surface area (TPSA) is 0 Å². The Kier molecular flexibility index (Phi) is 70.2. The molecule has 0 aliphatic rings. The molecule has 0 aliphatic carbocycles. The minimum absolute atomic E-state index is 0. The van der Waals surface area contributed by atoms with Crippen LogP contribution in [0.1, 0.15) is 12.8 Å². The summed E-state index contributed by atoms with van der Waals surface area (Å²) in [5.41, 5.74) is 0. The molecule has 0 atom stereocenters. The van der Waals surface area contributed by atoms with Crippen molar-refractivity contribution >= 4 is 0 Å². The van der Waals surface area contributed by atoms with Crippen molar-refractivity contribution in [2.45, 2.75) is 12.8 Å². The smallest absolute Gasteiger partial charge is 0 e. The van der Waals surface area contributed by atoms with Gasteiger partial charge in [0, 0.05) is 16.8 Å². The van der Waals surface area contributed by atoms with Crippen LogP contribution in [-0.4, -0.2) is 0 Å². The third-order valence-electron chi connectivity index (χ3n) is 0. The van der Waals surface area contributed by atoms with E-state index in [0.717, 1.165) is 12.8 Å². The molecule has 0 N–H and O–H groups in total. The number of hydrogen-bond donors (Lipinski definition) is 0. The molecule has 0 saturated carbocycles. The molecule has 0 bridgehead atoms. The molecule has 49 valence electrons. The molecule has 0 spiro atoms. The molecule has 0 fully saturated rings. The maximum Gasteiger partial charge on any atom is 0 e. The van der Waals surface area contributed by atoms with E-state index in [0.29, 0.717) is 0 Å². The molecule has 0 aromatic carbocycles. The summed E-state index contributed by atoms with van der Waals surface area (Å²) in [4.78, 5) is 0. The molecule has 0 aromatic rings. The SMILES string of the molecule is [CH2-]C[CH2-].[CH2-]C[CH2-].[Co]. The average Bonchev–Trinajstić information content (AvgIpc) is 1.39. The van der Waals surface area contributed by atoms with Gasteiger partial charge in [0.1, 0.15) is 0 Å². The number of rotatable bonds is 0. The molecule has 0 unspecified atom stereocenters. The minimum atomic E-state index is 0. The van der Waals surface area contributed by atoms with E-state index in [1.54, 1.807) is 0 Å². The maximum atomic E-state index is 3.38. The minimum Gasteiger partial charge on any atom is -0.372 e. The van der Waals surface area contributed by atoms with Crippen LogP contribution in [0.2, 0.25) is 0 Å². The van der Waals surface area contributed by atoms with Gasteiger partial charge in [0.2, 0.25) is 0 Å². The van der Waals surface area contributed by atoms with Gasteiger partial charge in [-0.1, -0.05) is 0 Å². The quantitative estimate of drug-likeness (QED) is 0.455. The van der Waals surface area contributed by atoms with Gasteiger partial charge in [0.25, 0.3) is 0 Å². The van der Waals surface area contributed by atoms with Gasteiger partial charge in [-0.2, -0.15) is 0 Å². The Morgan fingerprint density at radius 1 is 0.714 bits per heavy atom. The van der Waals surface area contributed by atoms with E-state index in [-0.39, 0.29) is 16.8 Å². The van der Waals surface area contributed by atoms with Crippen LogP contribution >= 0.6 is 0 Å². The predicted octanol–water partition coefficient (Wildman–Crippen LogP) is 2.09. The summed E-state index contributed by atoms with van der Waals surface area (Å²) in [5, 5.41) is 0. The van der Waals surface area contributed by atoms with Crippen LogP contribution in [0.15, 0.2) is 0 Å². The molecular formula is C6H12Co-4. The van der Waals surface area contributed by atoms with Crippen molar-refractivity contribution in [3.63, 3.8) is 0 Å². The first kappa shape index (κ1) is 15.6. The van der Waals surface area contributed by atoms with E-state index in [9.17, 15) is 0 Å². The Morgan fingerprint density at radius 2 is 0.714 bits per heavy atom. The van der Waals surface area contributed by atoms with E-state index in [1.165, 1.54) is 0 Å². The van der Waals surface area contributed by atoms with Gasteiger partial charge >= 0.3 is 0 Å². The molecule has 0 heterocycles. The Labute approximate surface area is 57.9 Å². The first-order chi connectivity index (χ1) is 2.83. The molecule has 0 aromatic heterocycles. The van der Waals surface area contributed by atoms with E-state index in [2.05, 4.69) is 27.7 Å². The van der Waals surface area contributed by atoms with Gasteiger partial charge in [-0.15, -0.1) is 0 Å². The fourth-order valence-corrected chi connectivity index (χ4v) is 0. The first-order valence-electron chi connectivity index (χ1n) is 2.00. The zero-order valence-corrected chi connectivity index (χ0v) is 5.62. The largest absolute Gasteiger partial charge is 0.372 e. The third-order valence-corrected chi connectivity index (χ3v) is 0. The molecule has 7 heavy (non-hydrogen) atoms. The monoisotopic (exact) mass is 143 g/mol. The van der Waals surface area contributed by atoms with Crippen molar-refractivity contribution in [3.05, 3.63) is 27.7 Å². The molecule has 0 amide bonds. The third kappa shape index (κ3) is 515. The summed E-state index contributed by atoms with van der Waals surface area (Å²) in [6.45, 7) is 13.5. The van der Waals surface area contributed by atoms with Crippen LogP contribution < -0.4 is 0 Å². The second kappa shape index (κ2) is 31.4. The van der Waals surface area contributed by atoms with Crippen LogP contribution in [0.4, 0.5) is 0 Å². The van der Waals surface area contributed by atoms with Gasteiger partial charge in [0.15, 0.2) is 0 Å². The summed E-state index contributed by atoms with van der Waals surface area (Å²) in [6, 6.07) is 0. The predicted molar refractivity (Wildman–Crippen MR) is 30.7 cm³/mol. The van der Waals surface area contributed by atoms with Crippen LogP contribution in [0.5, 0.6) is 0 Å². The van der Waals surface area contributed by atoms with Gasteiger partial charge in [-0.05, 0) is 0 Å². The van der Waals surface area contributed by atoms with Crippen molar-refractivity contribution in [2.24, 2.45) is 0 Å². The maximum absolute atomic E-state index is 3.38. The summed E-state index contributed by atoms with van der Waals surface area (Å²) in [5.74, 6) is 0. The molecular weight excluding hydrogens is 131 g/mol. The summed E-state index contributed by atoms with van der Waals surface area (Å²) >= 11 is 0. The summed E-state index contributed by atoms with van der Waals surface area (Å²) in [7, 11) is 0. The van der Waals surface area contributed by atoms with Crippen LogP contribution in [-0.2, 0) is 16.8 Å². The standard InChI is InChI=1S/2C3H6.Co/c2*1-3-2;/h2*1-3H2;/q2*-2;. The first-order valence-corrected chi connectivity index (χ1v) is 2.00. The normalized spacial score (nSPS) is 5.14. The van der Waals surface area contributed by atoms with Crippen molar-refractivity contribution in [2.75, 3.05) is 0 Å². The van der Waals surface area contributed by atoms with Gasteiger partial charge < -0.3 is 40.5 Å². The molecule has 1 heteroatoms. The van der Waals surface area contributed by atoms with Gasteiger partial charge in [-0.3, -0.25) is 0 Å². The second-order valence-corrected chi connectivity index (χ2v) is 0.707. The zero-order valence-electron chi connectivity index (χ0n) is 4.58. The summed E-state index contributed by atoms with van der Waals surface area (Å²) in [6.07, 6.45) is 1.50. The molecule has 0 saturated heterocycles. The van der Waals surface area contributed by atoms with Crippen molar-refractivity contribution in [1.29, 1.82) is 0 Å². The molecule has 1 radical (unpaired) electrons. The van der Waals surface area contributed by atoms with Crippen molar-refractivity contribution < 1.29 is 16.8 Å². The van der Waals surface area contributed by atoms with E-state index in [4.69, 9.17) is 0 Å². The zero-order chi connectivity index (χ0) is 5.41. The van der Waals surface area contributed by atoms with Crippen LogP contribution in [0, 0.1) is 27.7 Å². The van der Waals surface area contributed by atoms with Crippen molar-refractivity contribution in [3.8, 4) is 0 Å². The van der Waals surface area contributed by atoms with Gasteiger partial charge in [-0.25, -0.2) is 0 Å². The Bertz CT molecular complexity index is 6.14. The van der Waals surface area contributed by atoms with Crippen LogP contribution in [0.3, 0.4) is 0 Å². The molecule has 0 aliphatic heterocycles. The average molecular weight is 143 g/mol. The fourth-order valence-electron chi connectivity index (χ4n) is 0. The fraction of sp³-hybridized carbons (Fsp3) is 0.333. The molecule has 0 nitrogen and oxygen atoms in total. The Morgan fingerprint density at radius 3 is 0.714 bits per heavy atom. The molecule has 0 rings (SSSR count).